The van der Waals surface area contributed by atoms with Gasteiger partial charge < -0.3 is 10.4 Å². The first-order chi connectivity index (χ1) is 9.81. The molecule has 0 spiro atoms. The average Bonchev–Trinajstić information content (AvgIpc) is 2.97. The Morgan fingerprint density at radius 3 is 2.90 bits per heavy atom. The predicted molar refractivity (Wildman–Crippen MR) is 81.5 cm³/mol. The van der Waals surface area contributed by atoms with Gasteiger partial charge >= 0.3 is 0 Å². The maximum atomic E-state index is 11.0. The van der Waals surface area contributed by atoms with E-state index in [0.29, 0.717) is 17.6 Å². The van der Waals surface area contributed by atoms with Crippen molar-refractivity contribution in [3.63, 3.8) is 0 Å². The van der Waals surface area contributed by atoms with Gasteiger partial charge in [-0.2, -0.15) is 0 Å². The van der Waals surface area contributed by atoms with Crippen molar-refractivity contribution in [2.24, 2.45) is 11.1 Å². The summed E-state index contributed by atoms with van der Waals surface area (Å²) in [5.74, 6) is 0.427. The molecule has 1 fully saturated rings. The molecule has 0 unspecified atom stereocenters. The SMILES string of the molecule is O=Nc1cnc2ccsc2c1N[C@H]1CC[C@H](CO)CC1. The Labute approximate surface area is 121 Å². The minimum Gasteiger partial charge on any atom is -0.396 e. The van der Waals surface area contributed by atoms with Crippen LogP contribution in [0.4, 0.5) is 11.4 Å². The van der Waals surface area contributed by atoms with Crippen LogP contribution in [0.3, 0.4) is 0 Å². The van der Waals surface area contributed by atoms with Gasteiger partial charge in [0, 0.05) is 12.6 Å². The van der Waals surface area contributed by atoms with Crippen LogP contribution in [0.25, 0.3) is 10.2 Å². The van der Waals surface area contributed by atoms with Crippen LogP contribution >= 0.6 is 11.3 Å². The summed E-state index contributed by atoms with van der Waals surface area (Å²) in [5, 5.41) is 17.7. The fourth-order valence-corrected chi connectivity index (χ4v) is 3.66. The van der Waals surface area contributed by atoms with E-state index in [0.717, 1.165) is 41.6 Å². The normalized spacial score (nSPS) is 22.9. The molecule has 1 aliphatic rings. The molecular formula is C14H17N3O2S. The molecule has 0 aliphatic heterocycles. The second-order valence-corrected chi connectivity index (χ2v) is 6.21. The smallest absolute Gasteiger partial charge is 0.150 e. The lowest BCUT2D eigenvalue weighted by atomic mass is 9.86. The fraction of sp³-hybridized carbons (Fsp3) is 0.500. The van der Waals surface area contributed by atoms with Crippen LogP contribution in [-0.4, -0.2) is 22.7 Å². The molecular weight excluding hydrogens is 274 g/mol. The first kappa shape index (κ1) is 13.5. The average molecular weight is 291 g/mol. The van der Waals surface area contributed by atoms with Gasteiger partial charge in [-0.25, -0.2) is 0 Å². The molecule has 0 amide bonds. The summed E-state index contributed by atoms with van der Waals surface area (Å²) in [7, 11) is 0. The number of aliphatic hydroxyl groups excluding tert-OH is 1. The summed E-state index contributed by atoms with van der Waals surface area (Å²) in [5.41, 5.74) is 2.09. The summed E-state index contributed by atoms with van der Waals surface area (Å²) in [6.45, 7) is 0.276. The molecule has 0 saturated heterocycles. The third-order valence-electron chi connectivity index (χ3n) is 4.01. The number of nitrogens with one attached hydrogen (secondary N) is 1. The highest BCUT2D eigenvalue weighted by atomic mass is 32.1. The molecule has 1 saturated carbocycles. The quantitative estimate of drug-likeness (QED) is 0.843. The number of hydrogen-bond acceptors (Lipinski definition) is 6. The second-order valence-electron chi connectivity index (χ2n) is 5.29. The Balaban J connectivity index is 1.83. The molecule has 6 heteroatoms. The number of thiophene rings is 1. The Kier molecular flexibility index (Phi) is 3.93. The van der Waals surface area contributed by atoms with E-state index in [1.807, 2.05) is 11.4 Å². The van der Waals surface area contributed by atoms with Crippen molar-refractivity contribution in [2.75, 3.05) is 11.9 Å². The number of nitroso groups, excluding NO2 is 1. The number of fused-ring (bicyclic) bond motifs is 1. The Bertz CT molecular complexity index is 605. The van der Waals surface area contributed by atoms with E-state index in [2.05, 4.69) is 15.5 Å². The molecule has 106 valence electrons. The summed E-state index contributed by atoms with van der Waals surface area (Å²) < 4.78 is 0.992. The van der Waals surface area contributed by atoms with Crippen LogP contribution < -0.4 is 5.32 Å². The largest absolute Gasteiger partial charge is 0.396 e. The van der Waals surface area contributed by atoms with E-state index in [9.17, 15) is 10.0 Å². The highest BCUT2D eigenvalue weighted by Crippen LogP contribution is 2.37. The van der Waals surface area contributed by atoms with Crippen molar-refractivity contribution in [2.45, 2.75) is 31.7 Å². The van der Waals surface area contributed by atoms with Crippen molar-refractivity contribution in [1.29, 1.82) is 0 Å². The zero-order valence-electron chi connectivity index (χ0n) is 11.1. The van der Waals surface area contributed by atoms with Crippen molar-refractivity contribution >= 4 is 32.9 Å². The van der Waals surface area contributed by atoms with Gasteiger partial charge in [-0.05, 0) is 48.2 Å². The van der Waals surface area contributed by atoms with Crippen molar-refractivity contribution in [3.8, 4) is 0 Å². The molecule has 0 radical (unpaired) electrons. The zero-order chi connectivity index (χ0) is 13.9. The summed E-state index contributed by atoms with van der Waals surface area (Å²) in [6, 6.07) is 2.29. The number of aromatic nitrogens is 1. The number of rotatable bonds is 4. The van der Waals surface area contributed by atoms with E-state index < -0.39 is 0 Å². The Hall–Kier alpha value is -1.53. The van der Waals surface area contributed by atoms with Crippen LogP contribution in [0.1, 0.15) is 25.7 Å². The Morgan fingerprint density at radius 1 is 1.40 bits per heavy atom. The Morgan fingerprint density at radius 2 is 2.20 bits per heavy atom. The zero-order valence-corrected chi connectivity index (χ0v) is 11.9. The van der Waals surface area contributed by atoms with Crippen LogP contribution in [0.15, 0.2) is 22.8 Å². The van der Waals surface area contributed by atoms with Crippen molar-refractivity contribution < 1.29 is 5.11 Å². The maximum Gasteiger partial charge on any atom is 0.150 e. The van der Waals surface area contributed by atoms with Crippen LogP contribution in [0, 0.1) is 10.8 Å². The van der Waals surface area contributed by atoms with Gasteiger partial charge in [-0.1, -0.05) is 0 Å². The number of aliphatic hydroxyl groups is 1. The highest BCUT2D eigenvalue weighted by molar-refractivity contribution is 7.17. The highest BCUT2D eigenvalue weighted by Gasteiger charge is 2.22. The molecule has 0 atom stereocenters. The molecule has 2 aromatic rings. The van der Waals surface area contributed by atoms with Crippen LogP contribution in [0.2, 0.25) is 0 Å². The monoisotopic (exact) mass is 291 g/mol. The third-order valence-corrected chi connectivity index (χ3v) is 4.93. The molecule has 1 aliphatic carbocycles. The maximum absolute atomic E-state index is 11.0. The van der Waals surface area contributed by atoms with Crippen LogP contribution in [-0.2, 0) is 0 Å². The van der Waals surface area contributed by atoms with E-state index in [-0.39, 0.29) is 6.61 Å². The number of anilines is 1. The van der Waals surface area contributed by atoms with Gasteiger partial charge in [0.05, 0.1) is 22.1 Å². The minimum atomic E-state index is 0.276. The predicted octanol–water partition coefficient (Wildman–Crippen LogP) is 3.66. The second kappa shape index (κ2) is 5.85. The molecule has 5 nitrogen and oxygen atoms in total. The first-order valence-corrected chi connectivity index (χ1v) is 7.76. The summed E-state index contributed by atoms with van der Waals surface area (Å²) in [6.07, 6.45) is 5.61. The molecule has 0 bridgehead atoms. The van der Waals surface area contributed by atoms with E-state index in [1.165, 1.54) is 6.20 Å². The van der Waals surface area contributed by atoms with E-state index in [1.54, 1.807) is 11.3 Å². The number of hydrogen-bond donors (Lipinski definition) is 2. The summed E-state index contributed by atoms with van der Waals surface area (Å²) >= 11 is 1.57. The van der Waals surface area contributed by atoms with Gasteiger partial charge in [-0.15, -0.1) is 16.2 Å². The molecule has 20 heavy (non-hydrogen) atoms. The first-order valence-electron chi connectivity index (χ1n) is 6.88. The van der Waals surface area contributed by atoms with Crippen molar-refractivity contribution in [3.05, 3.63) is 22.6 Å². The lowest BCUT2D eigenvalue weighted by Crippen LogP contribution is -2.27. The topological polar surface area (TPSA) is 74.6 Å². The van der Waals surface area contributed by atoms with Crippen LogP contribution in [0.5, 0.6) is 0 Å². The fourth-order valence-electron chi connectivity index (χ4n) is 2.80. The van der Waals surface area contributed by atoms with Crippen molar-refractivity contribution in [1.82, 2.24) is 4.98 Å². The van der Waals surface area contributed by atoms with E-state index >= 15 is 0 Å². The van der Waals surface area contributed by atoms with E-state index in [4.69, 9.17) is 0 Å². The molecule has 2 aromatic heterocycles. The lowest BCUT2D eigenvalue weighted by molar-refractivity contribution is 0.186. The molecule has 2 heterocycles. The van der Waals surface area contributed by atoms with Gasteiger partial charge in [0.1, 0.15) is 0 Å². The standard InChI is InChI=1S/C14H17N3O2S/c18-8-9-1-3-10(4-2-9)16-13-12(17-19)7-15-11-5-6-20-14(11)13/h5-7,9-10,18H,1-4,8H2,(H,15,16)/t9-,10-. The van der Waals surface area contributed by atoms with Gasteiger partial charge in [0.2, 0.25) is 0 Å². The molecule has 0 aromatic carbocycles. The number of pyridine rings is 1. The van der Waals surface area contributed by atoms with Gasteiger partial charge in [-0.3, -0.25) is 4.98 Å². The number of nitrogens with zero attached hydrogens (tertiary/aromatic N) is 2. The lowest BCUT2D eigenvalue weighted by Gasteiger charge is -2.29. The molecule has 2 N–H and O–H groups in total. The third kappa shape index (κ3) is 2.53. The minimum absolute atomic E-state index is 0.276. The van der Waals surface area contributed by atoms with Gasteiger partial charge in [0.25, 0.3) is 0 Å². The molecule has 3 rings (SSSR count). The van der Waals surface area contributed by atoms with Gasteiger partial charge in [0.15, 0.2) is 5.69 Å². The summed E-state index contributed by atoms with van der Waals surface area (Å²) in [4.78, 5) is 15.2.